The van der Waals surface area contributed by atoms with Crippen molar-refractivity contribution in [2.24, 2.45) is 0 Å². The maximum atomic E-state index is 13.8. The summed E-state index contributed by atoms with van der Waals surface area (Å²) in [7, 11) is 0. The van der Waals surface area contributed by atoms with Crippen LogP contribution in [0, 0.1) is 17.7 Å². The highest BCUT2D eigenvalue weighted by Crippen LogP contribution is 2.10. The van der Waals surface area contributed by atoms with Gasteiger partial charge in [0.15, 0.2) is 0 Å². The molecule has 0 aliphatic rings. The number of halogens is 1. The lowest BCUT2D eigenvalue weighted by molar-refractivity contribution is 0.0935. The second-order valence-electron chi connectivity index (χ2n) is 4.25. The topological polar surface area (TPSA) is 49.3 Å². The van der Waals surface area contributed by atoms with Crippen molar-refractivity contribution < 1.29 is 14.3 Å². The number of aliphatic hydroxyl groups excluding tert-OH is 1. The van der Waals surface area contributed by atoms with Gasteiger partial charge in [-0.25, -0.2) is 4.39 Å². The minimum absolute atomic E-state index is 0.0101. The number of carbonyl (C=O) groups excluding carboxylic acids is 1. The molecule has 1 unspecified atom stereocenters. The Bertz CT molecular complexity index is 503. The van der Waals surface area contributed by atoms with Gasteiger partial charge in [0.25, 0.3) is 5.91 Å². The lowest BCUT2D eigenvalue weighted by atomic mass is 10.1. The van der Waals surface area contributed by atoms with E-state index in [1.807, 2.05) is 13.8 Å². The molecule has 1 aromatic rings. The quantitative estimate of drug-likeness (QED) is 0.817. The van der Waals surface area contributed by atoms with E-state index in [-0.39, 0.29) is 18.2 Å². The smallest absolute Gasteiger partial charge is 0.254 e. The van der Waals surface area contributed by atoms with Crippen LogP contribution in [0.3, 0.4) is 0 Å². The van der Waals surface area contributed by atoms with Gasteiger partial charge in [0.05, 0.1) is 12.2 Å². The minimum atomic E-state index is -0.586. The summed E-state index contributed by atoms with van der Waals surface area (Å²) < 4.78 is 13.8. The lowest BCUT2D eigenvalue weighted by Crippen LogP contribution is -2.32. The van der Waals surface area contributed by atoms with Crippen LogP contribution < -0.4 is 5.32 Å². The third kappa shape index (κ3) is 4.72. The first-order chi connectivity index (χ1) is 9.08. The summed E-state index contributed by atoms with van der Waals surface area (Å²) in [5.41, 5.74) is 0.513. The van der Waals surface area contributed by atoms with Crippen LogP contribution in [0.5, 0.6) is 0 Å². The molecule has 102 valence electrons. The van der Waals surface area contributed by atoms with Gasteiger partial charge in [-0.2, -0.15) is 0 Å². The summed E-state index contributed by atoms with van der Waals surface area (Å²) >= 11 is 0. The van der Waals surface area contributed by atoms with Gasteiger partial charge in [0.1, 0.15) is 5.82 Å². The van der Waals surface area contributed by atoms with E-state index in [1.165, 1.54) is 12.1 Å². The predicted molar refractivity (Wildman–Crippen MR) is 72.2 cm³/mol. The van der Waals surface area contributed by atoms with Crippen molar-refractivity contribution >= 4 is 5.91 Å². The van der Waals surface area contributed by atoms with Crippen molar-refractivity contribution in [2.45, 2.75) is 32.7 Å². The standard InChI is InChI=1S/C15H18FNO2/c1-3-11(2)17-15(19)13-8-7-12(10-14(13)16)6-4-5-9-18/h7-8,10-11,18H,3,5,9H2,1-2H3,(H,17,19). The summed E-state index contributed by atoms with van der Waals surface area (Å²) in [6.07, 6.45) is 1.13. The van der Waals surface area contributed by atoms with Gasteiger partial charge in [0.2, 0.25) is 0 Å². The number of amides is 1. The Kier molecular flexibility index (Phi) is 6.04. The maximum absolute atomic E-state index is 13.8. The molecule has 0 saturated carbocycles. The third-order valence-corrected chi connectivity index (χ3v) is 2.67. The average molecular weight is 263 g/mol. The van der Waals surface area contributed by atoms with Crippen LogP contribution in [0.15, 0.2) is 18.2 Å². The Labute approximate surface area is 112 Å². The largest absolute Gasteiger partial charge is 0.395 e. The number of hydrogen-bond acceptors (Lipinski definition) is 2. The van der Waals surface area contributed by atoms with Crippen molar-refractivity contribution in [3.63, 3.8) is 0 Å². The number of benzene rings is 1. The zero-order valence-electron chi connectivity index (χ0n) is 11.2. The zero-order chi connectivity index (χ0) is 14.3. The molecule has 0 fully saturated rings. The van der Waals surface area contributed by atoms with Crippen LogP contribution >= 0.6 is 0 Å². The van der Waals surface area contributed by atoms with Crippen molar-refractivity contribution in [2.75, 3.05) is 6.61 Å². The van der Waals surface area contributed by atoms with E-state index in [0.717, 1.165) is 6.42 Å². The van der Waals surface area contributed by atoms with Gasteiger partial charge in [0, 0.05) is 18.0 Å². The molecule has 1 aromatic carbocycles. The van der Waals surface area contributed by atoms with Crippen LogP contribution in [0.4, 0.5) is 4.39 Å². The SMILES string of the molecule is CCC(C)NC(=O)c1ccc(C#CCCO)cc1F. The van der Waals surface area contributed by atoms with E-state index in [2.05, 4.69) is 17.2 Å². The molecule has 2 N–H and O–H groups in total. The molecule has 0 saturated heterocycles. The van der Waals surface area contributed by atoms with Crippen molar-refractivity contribution in [3.05, 3.63) is 35.1 Å². The van der Waals surface area contributed by atoms with Gasteiger partial charge in [-0.05, 0) is 31.5 Å². The summed E-state index contributed by atoms with van der Waals surface area (Å²) in [4.78, 5) is 11.8. The predicted octanol–water partition coefficient (Wildman–Crippen LogP) is 2.09. The van der Waals surface area contributed by atoms with Crippen LogP contribution in [0.25, 0.3) is 0 Å². The van der Waals surface area contributed by atoms with E-state index in [1.54, 1.807) is 6.07 Å². The second-order valence-corrected chi connectivity index (χ2v) is 4.25. The second kappa shape index (κ2) is 7.55. The van der Waals surface area contributed by atoms with Gasteiger partial charge >= 0.3 is 0 Å². The lowest BCUT2D eigenvalue weighted by Gasteiger charge is -2.11. The summed E-state index contributed by atoms with van der Waals surface area (Å²) in [6, 6.07) is 4.26. The van der Waals surface area contributed by atoms with E-state index < -0.39 is 11.7 Å². The monoisotopic (exact) mass is 263 g/mol. The molecule has 0 heterocycles. The fraction of sp³-hybridized carbons (Fsp3) is 0.400. The average Bonchev–Trinajstić information content (AvgIpc) is 2.38. The molecule has 3 nitrogen and oxygen atoms in total. The molecule has 0 spiro atoms. The molecule has 19 heavy (non-hydrogen) atoms. The number of hydrogen-bond donors (Lipinski definition) is 2. The Balaban J connectivity index is 2.83. The molecule has 4 heteroatoms. The van der Waals surface area contributed by atoms with E-state index in [4.69, 9.17) is 5.11 Å². The van der Waals surface area contributed by atoms with Crippen molar-refractivity contribution in [1.29, 1.82) is 0 Å². The van der Waals surface area contributed by atoms with Gasteiger partial charge in [-0.15, -0.1) is 0 Å². The van der Waals surface area contributed by atoms with Gasteiger partial charge in [-0.1, -0.05) is 18.8 Å². The summed E-state index contributed by atoms with van der Waals surface area (Å²) in [5.74, 6) is 4.42. The Morgan fingerprint density at radius 2 is 2.26 bits per heavy atom. The number of nitrogens with one attached hydrogen (secondary N) is 1. The Morgan fingerprint density at radius 3 is 2.84 bits per heavy atom. The Hall–Kier alpha value is -1.86. The fourth-order valence-corrected chi connectivity index (χ4v) is 1.40. The molecule has 0 aliphatic heterocycles. The van der Waals surface area contributed by atoms with Crippen molar-refractivity contribution in [3.8, 4) is 11.8 Å². The molecule has 0 aromatic heterocycles. The third-order valence-electron chi connectivity index (χ3n) is 2.67. The van der Waals surface area contributed by atoms with Crippen LogP contribution in [0.1, 0.15) is 42.6 Å². The van der Waals surface area contributed by atoms with Gasteiger partial charge in [-0.3, -0.25) is 4.79 Å². The van der Waals surface area contributed by atoms with Crippen molar-refractivity contribution in [1.82, 2.24) is 5.32 Å². The number of rotatable bonds is 4. The molecule has 0 bridgehead atoms. The molecular formula is C15H18FNO2. The minimum Gasteiger partial charge on any atom is -0.395 e. The number of carbonyl (C=O) groups is 1. The fourth-order valence-electron chi connectivity index (χ4n) is 1.40. The first-order valence-electron chi connectivity index (χ1n) is 6.28. The van der Waals surface area contributed by atoms with Crippen LogP contribution in [0.2, 0.25) is 0 Å². The first kappa shape index (κ1) is 15.2. The molecule has 1 rings (SSSR count). The highest BCUT2D eigenvalue weighted by Gasteiger charge is 2.13. The Morgan fingerprint density at radius 1 is 1.53 bits per heavy atom. The molecule has 0 radical (unpaired) electrons. The van der Waals surface area contributed by atoms with E-state index in [0.29, 0.717) is 12.0 Å². The molecule has 1 amide bonds. The normalized spacial score (nSPS) is 11.4. The molecular weight excluding hydrogens is 245 g/mol. The van der Waals surface area contributed by atoms with Crippen LogP contribution in [-0.2, 0) is 0 Å². The highest BCUT2D eigenvalue weighted by molar-refractivity contribution is 5.94. The highest BCUT2D eigenvalue weighted by atomic mass is 19.1. The van der Waals surface area contributed by atoms with Crippen LogP contribution in [-0.4, -0.2) is 23.7 Å². The summed E-state index contributed by atoms with van der Waals surface area (Å²) in [6.45, 7) is 3.79. The first-order valence-corrected chi connectivity index (χ1v) is 6.28. The maximum Gasteiger partial charge on any atom is 0.254 e. The summed E-state index contributed by atoms with van der Waals surface area (Å²) in [5, 5.41) is 11.3. The van der Waals surface area contributed by atoms with E-state index >= 15 is 0 Å². The molecule has 0 aliphatic carbocycles. The molecule has 1 atom stereocenters. The number of aliphatic hydroxyl groups is 1. The zero-order valence-corrected chi connectivity index (χ0v) is 11.2. The van der Waals surface area contributed by atoms with E-state index in [9.17, 15) is 9.18 Å². The van der Waals surface area contributed by atoms with Gasteiger partial charge < -0.3 is 10.4 Å².